The summed E-state index contributed by atoms with van der Waals surface area (Å²) in [6, 6.07) is 0. The van der Waals surface area contributed by atoms with Crippen LogP contribution in [0.1, 0.15) is 26.7 Å². The summed E-state index contributed by atoms with van der Waals surface area (Å²) in [5.41, 5.74) is -0.955. The fourth-order valence-electron chi connectivity index (χ4n) is 1.67. The van der Waals surface area contributed by atoms with Crippen molar-refractivity contribution in [1.82, 2.24) is 10.6 Å². The molecule has 0 spiro atoms. The number of amides is 2. The lowest BCUT2D eigenvalue weighted by molar-refractivity contribution is -0.169. The van der Waals surface area contributed by atoms with Crippen LogP contribution in [0.4, 0.5) is 0 Å². The van der Waals surface area contributed by atoms with Crippen molar-refractivity contribution in [2.75, 3.05) is 26.8 Å². The molecule has 2 amide bonds. The van der Waals surface area contributed by atoms with E-state index < -0.39 is 17.5 Å². The van der Waals surface area contributed by atoms with E-state index in [4.69, 9.17) is 0 Å². The van der Waals surface area contributed by atoms with E-state index in [1.165, 1.54) is 7.11 Å². The molecular formula is C13H23IN2O7. The van der Waals surface area contributed by atoms with Crippen LogP contribution < -0.4 is 10.6 Å². The highest BCUT2D eigenvalue weighted by molar-refractivity contribution is 14.1. The molecule has 0 saturated carbocycles. The molecule has 10 heteroatoms. The van der Waals surface area contributed by atoms with E-state index in [1.807, 2.05) is 0 Å². The SMILES string of the molecule is COC(=O)C(O)CC(C)(C)C(=O)NCCNC(=O)CCOOI. The number of ether oxygens (including phenoxy) is 1. The van der Waals surface area contributed by atoms with Crippen molar-refractivity contribution in [3.63, 3.8) is 0 Å². The van der Waals surface area contributed by atoms with E-state index in [-0.39, 0.29) is 44.4 Å². The second kappa shape index (κ2) is 11.5. The number of carbonyl (C=O) groups is 3. The highest BCUT2D eigenvalue weighted by Gasteiger charge is 2.33. The molecular weight excluding hydrogens is 423 g/mol. The van der Waals surface area contributed by atoms with E-state index in [9.17, 15) is 19.5 Å². The van der Waals surface area contributed by atoms with Gasteiger partial charge in [-0.15, -0.1) is 0 Å². The minimum absolute atomic E-state index is 0.0640. The van der Waals surface area contributed by atoms with Gasteiger partial charge in [-0.3, -0.25) is 9.59 Å². The second-order valence-electron chi connectivity index (χ2n) is 5.37. The van der Waals surface area contributed by atoms with Crippen LogP contribution in [0.15, 0.2) is 0 Å². The highest BCUT2D eigenvalue weighted by Crippen LogP contribution is 2.23. The van der Waals surface area contributed by atoms with Crippen LogP contribution in [-0.2, 0) is 27.2 Å². The number of aliphatic hydroxyl groups is 1. The van der Waals surface area contributed by atoms with Gasteiger partial charge in [0.25, 0.3) is 0 Å². The summed E-state index contributed by atoms with van der Waals surface area (Å²) >= 11 is 1.55. The molecule has 0 aromatic rings. The lowest BCUT2D eigenvalue weighted by Gasteiger charge is -2.25. The number of methoxy groups -OCH3 is 1. The molecule has 0 aliphatic rings. The summed E-state index contributed by atoms with van der Waals surface area (Å²) in [4.78, 5) is 39.1. The molecule has 1 atom stereocenters. The van der Waals surface area contributed by atoms with Crippen LogP contribution in [0.5, 0.6) is 0 Å². The normalized spacial score (nSPS) is 12.4. The molecule has 0 fully saturated rings. The van der Waals surface area contributed by atoms with Gasteiger partial charge < -0.3 is 20.5 Å². The summed E-state index contributed by atoms with van der Waals surface area (Å²) in [6.07, 6.45) is -1.28. The zero-order chi connectivity index (χ0) is 17.9. The molecule has 0 bridgehead atoms. The van der Waals surface area contributed by atoms with Crippen molar-refractivity contribution in [2.24, 2.45) is 5.41 Å². The van der Waals surface area contributed by atoms with Crippen molar-refractivity contribution in [3.8, 4) is 0 Å². The number of hydrogen-bond donors (Lipinski definition) is 3. The van der Waals surface area contributed by atoms with Crippen LogP contribution in [0.3, 0.4) is 0 Å². The van der Waals surface area contributed by atoms with Crippen LogP contribution >= 0.6 is 23.0 Å². The van der Waals surface area contributed by atoms with Gasteiger partial charge in [0.05, 0.1) is 20.1 Å². The summed E-state index contributed by atoms with van der Waals surface area (Å²) in [5.74, 6) is -1.35. The predicted molar refractivity (Wildman–Crippen MR) is 88.1 cm³/mol. The van der Waals surface area contributed by atoms with Crippen molar-refractivity contribution in [1.29, 1.82) is 0 Å². The maximum Gasteiger partial charge on any atom is 0.334 e. The minimum atomic E-state index is -1.36. The van der Waals surface area contributed by atoms with E-state index in [1.54, 1.807) is 36.9 Å². The van der Waals surface area contributed by atoms with Crippen LogP contribution in [0, 0.1) is 5.41 Å². The molecule has 9 nitrogen and oxygen atoms in total. The van der Waals surface area contributed by atoms with E-state index in [2.05, 4.69) is 23.5 Å². The van der Waals surface area contributed by atoms with Crippen molar-refractivity contribution in [3.05, 3.63) is 0 Å². The number of halogens is 1. The Morgan fingerprint density at radius 2 is 1.83 bits per heavy atom. The average molecular weight is 446 g/mol. The Labute approximate surface area is 149 Å². The van der Waals surface area contributed by atoms with Gasteiger partial charge in [0.1, 0.15) is 0 Å². The van der Waals surface area contributed by atoms with Crippen molar-refractivity contribution in [2.45, 2.75) is 32.8 Å². The van der Waals surface area contributed by atoms with Crippen LogP contribution in [-0.4, -0.2) is 55.8 Å². The molecule has 0 rings (SSSR count). The van der Waals surface area contributed by atoms with Gasteiger partial charge in [0.2, 0.25) is 11.8 Å². The molecule has 0 aromatic heterocycles. The Kier molecular flexibility index (Phi) is 11.0. The number of carbonyl (C=O) groups excluding carboxylic acids is 3. The first-order valence-electron chi connectivity index (χ1n) is 6.95. The Balaban J connectivity index is 4.04. The fraction of sp³-hybridized carbons (Fsp3) is 0.769. The second-order valence-corrected chi connectivity index (χ2v) is 5.73. The van der Waals surface area contributed by atoms with Gasteiger partial charge in [0.15, 0.2) is 29.1 Å². The quantitative estimate of drug-likeness (QED) is 0.133. The number of aliphatic hydroxyl groups excluding tert-OH is 1. The summed E-state index contributed by atoms with van der Waals surface area (Å²) in [7, 11) is 1.17. The van der Waals surface area contributed by atoms with E-state index in [0.717, 1.165) is 0 Å². The lowest BCUT2D eigenvalue weighted by Crippen LogP contribution is -2.43. The third-order valence-corrected chi connectivity index (χ3v) is 3.24. The molecule has 0 aliphatic carbocycles. The zero-order valence-corrected chi connectivity index (χ0v) is 15.5. The number of rotatable bonds is 11. The first-order chi connectivity index (χ1) is 10.7. The first kappa shape index (κ1) is 22.0. The monoisotopic (exact) mass is 446 g/mol. The van der Waals surface area contributed by atoms with Gasteiger partial charge >= 0.3 is 5.97 Å². The molecule has 0 aliphatic heterocycles. The fourth-order valence-corrected chi connectivity index (χ4v) is 1.85. The minimum Gasteiger partial charge on any atom is -0.467 e. The molecule has 0 heterocycles. The summed E-state index contributed by atoms with van der Waals surface area (Å²) < 4.78 is 8.74. The molecule has 0 radical (unpaired) electrons. The standard InChI is InChI=1S/C13H23IN2O7/c1-13(2,8-9(17)11(19)21-3)12(20)16-6-5-15-10(18)4-7-22-23-14/h9,17H,4-8H2,1-3H3,(H,15,18)(H,16,20). The molecule has 134 valence electrons. The maximum absolute atomic E-state index is 12.0. The molecule has 23 heavy (non-hydrogen) atoms. The van der Waals surface area contributed by atoms with Gasteiger partial charge in [-0.05, 0) is 6.42 Å². The predicted octanol–water partition coefficient (Wildman–Crippen LogP) is -0.143. The topological polar surface area (TPSA) is 123 Å². The molecule has 1 unspecified atom stereocenters. The summed E-state index contributed by atoms with van der Waals surface area (Å²) in [6.45, 7) is 3.83. The van der Waals surface area contributed by atoms with Gasteiger partial charge in [-0.2, -0.15) is 3.22 Å². The molecule has 0 aromatic carbocycles. The third kappa shape index (κ3) is 9.69. The van der Waals surface area contributed by atoms with E-state index >= 15 is 0 Å². The Hall–Kier alpha value is -0.980. The number of esters is 1. The van der Waals surface area contributed by atoms with Gasteiger partial charge in [-0.25, -0.2) is 9.68 Å². The smallest absolute Gasteiger partial charge is 0.334 e. The third-order valence-electron chi connectivity index (χ3n) is 2.98. The zero-order valence-electron chi connectivity index (χ0n) is 13.4. The molecule has 3 N–H and O–H groups in total. The van der Waals surface area contributed by atoms with Crippen molar-refractivity contribution >= 4 is 40.8 Å². The van der Waals surface area contributed by atoms with Crippen LogP contribution in [0.25, 0.3) is 0 Å². The number of nitrogens with one attached hydrogen (secondary N) is 2. The molecule has 0 saturated heterocycles. The average Bonchev–Trinajstić information content (AvgIpc) is 2.50. The maximum atomic E-state index is 12.0. The Morgan fingerprint density at radius 3 is 2.39 bits per heavy atom. The van der Waals surface area contributed by atoms with Crippen LogP contribution in [0.2, 0.25) is 0 Å². The first-order valence-corrected chi connectivity index (χ1v) is 7.83. The van der Waals surface area contributed by atoms with Gasteiger partial charge in [0, 0.05) is 18.5 Å². The highest BCUT2D eigenvalue weighted by atomic mass is 127. The summed E-state index contributed by atoms with van der Waals surface area (Å²) in [5, 5.41) is 14.9. The Bertz CT molecular complexity index is 404. The largest absolute Gasteiger partial charge is 0.467 e. The Morgan fingerprint density at radius 1 is 1.22 bits per heavy atom. The van der Waals surface area contributed by atoms with Gasteiger partial charge in [-0.1, -0.05) is 13.8 Å². The van der Waals surface area contributed by atoms with Crippen molar-refractivity contribution < 1.29 is 32.3 Å². The van der Waals surface area contributed by atoms with E-state index in [0.29, 0.717) is 0 Å². The lowest BCUT2D eigenvalue weighted by atomic mass is 9.85. The number of hydrogen-bond acceptors (Lipinski definition) is 7.